The smallest absolute Gasteiger partial charge is 0.222 e. The van der Waals surface area contributed by atoms with Gasteiger partial charge in [0.05, 0.1) is 12.2 Å². The second-order valence-corrected chi connectivity index (χ2v) is 7.04. The maximum Gasteiger partial charge on any atom is 0.222 e. The Bertz CT molecular complexity index is 482. The third-order valence-electron chi connectivity index (χ3n) is 4.16. The summed E-state index contributed by atoms with van der Waals surface area (Å²) in [6.07, 6.45) is 2.69. The van der Waals surface area contributed by atoms with Crippen molar-refractivity contribution < 1.29 is 4.79 Å². The van der Waals surface area contributed by atoms with E-state index in [-0.39, 0.29) is 11.3 Å². The molecule has 0 saturated carbocycles. The molecular weight excluding hydrogens is 272 g/mol. The lowest BCUT2D eigenvalue weighted by atomic mass is 9.77. The van der Waals surface area contributed by atoms with Gasteiger partial charge in [-0.3, -0.25) is 4.79 Å². The minimum Gasteiger partial charge on any atom is -0.337 e. The number of halogens is 1. The molecule has 1 aromatic rings. The van der Waals surface area contributed by atoms with E-state index in [9.17, 15) is 4.79 Å². The fourth-order valence-corrected chi connectivity index (χ4v) is 2.99. The van der Waals surface area contributed by atoms with Crippen molar-refractivity contribution in [1.29, 1.82) is 0 Å². The minimum atomic E-state index is 0.235. The van der Waals surface area contributed by atoms with E-state index in [0.29, 0.717) is 24.0 Å². The zero-order valence-corrected chi connectivity index (χ0v) is 13.3. The van der Waals surface area contributed by atoms with Gasteiger partial charge in [-0.15, -0.1) is 0 Å². The van der Waals surface area contributed by atoms with Crippen LogP contribution in [-0.4, -0.2) is 22.3 Å². The lowest BCUT2D eigenvalue weighted by molar-refractivity contribution is -0.131. The van der Waals surface area contributed by atoms with Crippen molar-refractivity contribution in [2.75, 3.05) is 6.54 Å². The monoisotopic (exact) mass is 294 g/mol. The Hall–Kier alpha value is -1.09. The quantitative estimate of drug-likeness (QED) is 0.775. The molecule has 4 heteroatoms. The van der Waals surface area contributed by atoms with Crippen molar-refractivity contribution in [2.24, 2.45) is 11.3 Å². The van der Waals surface area contributed by atoms with E-state index >= 15 is 0 Å². The normalized spacial score (nSPS) is 20.9. The summed E-state index contributed by atoms with van der Waals surface area (Å²) in [5.74, 6) is 0.835. The molecule has 0 N–H and O–H groups in total. The van der Waals surface area contributed by atoms with Crippen LogP contribution in [0, 0.1) is 11.3 Å². The fourth-order valence-electron chi connectivity index (χ4n) is 2.80. The SMILES string of the molecule is CC(C)(C)C1CCC(=O)N(Cc2cccc(Cl)n2)CC1. The number of pyridine rings is 1. The number of rotatable bonds is 2. The number of amides is 1. The summed E-state index contributed by atoms with van der Waals surface area (Å²) < 4.78 is 0. The van der Waals surface area contributed by atoms with Gasteiger partial charge in [0.1, 0.15) is 5.15 Å². The second-order valence-electron chi connectivity index (χ2n) is 6.66. The molecular formula is C16H23ClN2O. The van der Waals surface area contributed by atoms with E-state index in [0.717, 1.165) is 25.1 Å². The first-order valence-electron chi connectivity index (χ1n) is 7.25. The molecule has 1 atom stereocenters. The van der Waals surface area contributed by atoms with Gasteiger partial charge in [-0.1, -0.05) is 38.4 Å². The molecule has 1 saturated heterocycles. The molecule has 1 aromatic heterocycles. The van der Waals surface area contributed by atoms with Crippen LogP contribution in [0.4, 0.5) is 0 Å². The predicted octanol–water partition coefficient (Wildman–Crippen LogP) is 3.91. The lowest BCUT2D eigenvalue weighted by Crippen LogP contribution is -2.30. The van der Waals surface area contributed by atoms with E-state index in [1.807, 2.05) is 17.0 Å². The van der Waals surface area contributed by atoms with Gasteiger partial charge in [0.15, 0.2) is 0 Å². The van der Waals surface area contributed by atoms with Crippen LogP contribution in [0.1, 0.15) is 45.7 Å². The van der Waals surface area contributed by atoms with Crippen LogP contribution in [0.25, 0.3) is 0 Å². The van der Waals surface area contributed by atoms with E-state index in [4.69, 9.17) is 11.6 Å². The number of nitrogens with zero attached hydrogens (tertiary/aromatic N) is 2. The Labute approximate surface area is 126 Å². The third kappa shape index (κ3) is 3.95. The first-order valence-corrected chi connectivity index (χ1v) is 7.63. The summed E-state index contributed by atoms with van der Waals surface area (Å²) in [4.78, 5) is 18.4. The highest BCUT2D eigenvalue weighted by Gasteiger charge is 2.29. The molecule has 0 radical (unpaired) electrons. The van der Waals surface area contributed by atoms with E-state index < -0.39 is 0 Å². The van der Waals surface area contributed by atoms with Gasteiger partial charge >= 0.3 is 0 Å². The number of hydrogen-bond donors (Lipinski definition) is 0. The Balaban J connectivity index is 2.04. The Morgan fingerprint density at radius 3 is 2.75 bits per heavy atom. The first kappa shape index (κ1) is 15.3. The van der Waals surface area contributed by atoms with Crippen LogP contribution in [0.5, 0.6) is 0 Å². The lowest BCUT2D eigenvalue weighted by Gasteiger charge is -2.29. The van der Waals surface area contributed by atoms with Crippen LogP contribution in [0.3, 0.4) is 0 Å². The van der Waals surface area contributed by atoms with Gasteiger partial charge in [-0.25, -0.2) is 4.98 Å². The molecule has 2 rings (SSSR count). The molecule has 1 fully saturated rings. The van der Waals surface area contributed by atoms with Gasteiger partial charge in [-0.05, 0) is 36.3 Å². The van der Waals surface area contributed by atoms with E-state index in [1.54, 1.807) is 6.07 Å². The number of hydrogen-bond acceptors (Lipinski definition) is 2. The molecule has 1 aliphatic rings. The molecule has 1 unspecified atom stereocenters. The van der Waals surface area contributed by atoms with Crippen molar-refractivity contribution in [3.05, 3.63) is 29.0 Å². The maximum absolute atomic E-state index is 12.2. The van der Waals surface area contributed by atoms with Crippen LogP contribution < -0.4 is 0 Å². The molecule has 0 bridgehead atoms. The van der Waals surface area contributed by atoms with E-state index in [2.05, 4.69) is 25.8 Å². The van der Waals surface area contributed by atoms with Crippen molar-refractivity contribution >= 4 is 17.5 Å². The molecule has 0 aliphatic carbocycles. The molecule has 3 nitrogen and oxygen atoms in total. The van der Waals surface area contributed by atoms with Gasteiger partial charge < -0.3 is 4.90 Å². The van der Waals surface area contributed by atoms with Crippen LogP contribution in [0.15, 0.2) is 18.2 Å². The van der Waals surface area contributed by atoms with Crippen molar-refractivity contribution in [3.8, 4) is 0 Å². The largest absolute Gasteiger partial charge is 0.337 e. The highest BCUT2D eigenvalue weighted by molar-refractivity contribution is 6.29. The second kappa shape index (κ2) is 6.13. The average molecular weight is 295 g/mol. The summed E-state index contributed by atoms with van der Waals surface area (Å²) >= 11 is 5.90. The Kier molecular flexibility index (Phi) is 4.69. The zero-order valence-electron chi connectivity index (χ0n) is 12.5. The molecule has 1 amide bonds. The van der Waals surface area contributed by atoms with Crippen molar-refractivity contribution in [2.45, 2.75) is 46.6 Å². The Morgan fingerprint density at radius 1 is 1.35 bits per heavy atom. The highest BCUT2D eigenvalue weighted by Crippen LogP contribution is 2.34. The summed E-state index contributed by atoms with van der Waals surface area (Å²) in [5, 5.41) is 0.484. The van der Waals surface area contributed by atoms with Crippen molar-refractivity contribution in [3.63, 3.8) is 0 Å². The fraction of sp³-hybridized carbons (Fsp3) is 0.625. The number of carbonyl (C=O) groups is 1. The van der Waals surface area contributed by atoms with Gasteiger partial charge in [0, 0.05) is 13.0 Å². The molecule has 110 valence electrons. The van der Waals surface area contributed by atoms with Crippen LogP contribution in [-0.2, 0) is 11.3 Å². The number of aromatic nitrogens is 1. The zero-order chi connectivity index (χ0) is 14.8. The highest BCUT2D eigenvalue weighted by atomic mass is 35.5. The summed E-state index contributed by atoms with van der Waals surface area (Å²) in [6, 6.07) is 5.56. The van der Waals surface area contributed by atoms with Gasteiger partial charge in [0.25, 0.3) is 0 Å². The number of likely N-dealkylation sites (tertiary alicyclic amines) is 1. The van der Waals surface area contributed by atoms with E-state index in [1.165, 1.54) is 0 Å². The molecule has 20 heavy (non-hydrogen) atoms. The predicted molar refractivity (Wildman–Crippen MR) is 81.5 cm³/mol. The minimum absolute atomic E-state index is 0.235. The average Bonchev–Trinajstić information content (AvgIpc) is 2.52. The molecule has 0 spiro atoms. The van der Waals surface area contributed by atoms with Crippen molar-refractivity contribution in [1.82, 2.24) is 9.88 Å². The summed E-state index contributed by atoms with van der Waals surface area (Å²) in [6.45, 7) is 8.16. The Morgan fingerprint density at radius 2 is 2.10 bits per heavy atom. The van der Waals surface area contributed by atoms with Gasteiger partial charge in [-0.2, -0.15) is 0 Å². The van der Waals surface area contributed by atoms with Crippen LogP contribution in [0.2, 0.25) is 5.15 Å². The van der Waals surface area contributed by atoms with Crippen LogP contribution >= 0.6 is 11.6 Å². The first-order chi connectivity index (χ1) is 9.36. The van der Waals surface area contributed by atoms with Gasteiger partial charge in [0.2, 0.25) is 5.91 Å². The third-order valence-corrected chi connectivity index (χ3v) is 4.37. The molecule has 2 heterocycles. The summed E-state index contributed by atoms with van der Waals surface area (Å²) in [5.41, 5.74) is 1.13. The maximum atomic E-state index is 12.2. The standard InChI is InChI=1S/C16H23ClN2O/c1-16(2,3)12-7-8-15(20)19(10-9-12)11-13-5-4-6-14(17)18-13/h4-6,12H,7-11H2,1-3H3. The summed E-state index contributed by atoms with van der Waals surface area (Å²) in [7, 11) is 0. The number of carbonyl (C=O) groups excluding carboxylic acids is 1. The topological polar surface area (TPSA) is 33.2 Å². The molecule has 1 aliphatic heterocycles. The molecule has 0 aromatic carbocycles.